The minimum absolute atomic E-state index is 0.137. The topological polar surface area (TPSA) is 52.8 Å². The zero-order chi connectivity index (χ0) is 13.0. The van der Waals surface area contributed by atoms with Crippen LogP contribution in [-0.2, 0) is 0 Å². The molecule has 94 valence electrons. The molecule has 1 rings (SSSR count). The molecule has 0 fully saturated rings. The summed E-state index contributed by atoms with van der Waals surface area (Å²) in [5.41, 5.74) is 1.72. The van der Waals surface area contributed by atoms with Crippen molar-refractivity contribution >= 4 is 6.21 Å². The molecule has 0 heterocycles. The van der Waals surface area contributed by atoms with E-state index in [-0.39, 0.29) is 5.75 Å². The maximum absolute atomic E-state index is 9.62. The molecule has 2 N–H and O–H groups in total. The van der Waals surface area contributed by atoms with Crippen LogP contribution in [0, 0.1) is 11.8 Å². The fraction of sp³-hybridized carbons (Fsp3) is 0.500. The highest BCUT2D eigenvalue weighted by Crippen LogP contribution is 2.33. The molecule has 0 bridgehead atoms. The highest BCUT2D eigenvalue weighted by Gasteiger charge is 2.20. The smallest absolute Gasteiger partial charge is 0.124 e. The summed E-state index contributed by atoms with van der Waals surface area (Å²) < 4.78 is 0. The van der Waals surface area contributed by atoms with Crippen LogP contribution in [-0.4, -0.2) is 16.5 Å². The third-order valence-electron chi connectivity index (χ3n) is 3.07. The normalized spacial score (nSPS) is 12.2. The Morgan fingerprint density at radius 1 is 1.12 bits per heavy atom. The monoisotopic (exact) mass is 235 g/mol. The van der Waals surface area contributed by atoms with Crippen LogP contribution in [0.4, 0.5) is 0 Å². The van der Waals surface area contributed by atoms with Crippen molar-refractivity contribution in [2.45, 2.75) is 33.6 Å². The summed E-state index contributed by atoms with van der Waals surface area (Å²) in [6.07, 6.45) is 1.26. The number of aromatic hydroxyl groups is 1. The number of nitrogens with zero attached hydrogens (tertiary/aromatic N) is 1. The molecule has 0 radical (unpaired) electrons. The SMILES string of the molecule is CC(C)C(c1ccc(O)c(/C=N/O)c1)C(C)C. The lowest BCUT2D eigenvalue weighted by atomic mass is 9.79. The number of phenols is 1. The number of hydrogen-bond acceptors (Lipinski definition) is 3. The predicted octanol–water partition coefficient (Wildman–Crippen LogP) is 3.60. The van der Waals surface area contributed by atoms with Gasteiger partial charge in [0.15, 0.2) is 0 Å². The first-order valence-corrected chi connectivity index (χ1v) is 5.97. The van der Waals surface area contributed by atoms with Crippen LogP contribution in [0.3, 0.4) is 0 Å². The van der Waals surface area contributed by atoms with Crippen molar-refractivity contribution in [1.29, 1.82) is 0 Å². The average molecular weight is 235 g/mol. The first-order chi connectivity index (χ1) is 7.97. The Bertz CT molecular complexity index is 389. The Morgan fingerprint density at radius 3 is 2.18 bits per heavy atom. The molecular weight excluding hydrogens is 214 g/mol. The summed E-state index contributed by atoms with van der Waals surface area (Å²) in [4.78, 5) is 0. The summed E-state index contributed by atoms with van der Waals surface area (Å²) in [5.74, 6) is 1.62. The van der Waals surface area contributed by atoms with Gasteiger partial charge in [0.2, 0.25) is 0 Å². The second-order valence-corrected chi connectivity index (χ2v) is 5.08. The van der Waals surface area contributed by atoms with Gasteiger partial charge in [-0.05, 0) is 35.4 Å². The highest BCUT2D eigenvalue weighted by atomic mass is 16.4. The molecule has 1 aromatic carbocycles. The van der Waals surface area contributed by atoms with E-state index in [0.717, 1.165) is 0 Å². The molecule has 0 amide bonds. The van der Waals surface area contributed by atoms with E-state index in [1.807, 2.05) is 12.1 Å². The van der Waals surface area contributed by atoms with E-state index in [1.54, 1.807) is 6.07 Å². The zero-order valence-electron chi connectivity index (χ0n) is 10.9. The number of hydrogen-bond donors (Lipinski definition) is 2. The van der Waals surface area contributed by atoms with Crippen LogP contribution < -0.4 is 0 Å². The Labute approximate surface area is 103 Å². The summed E-state index contributed by atoms with van der Waals surface area (Å²) in [5, 5.41) is 21.1. The fourth-order valence-electron chi connectivity index (χ4n) is 2.49. The molecule has 0 aromatic heterocycles. The van der Waals surface area contributed by atoms with Crippen molar-refractivity contribution in [3.63, 3.8) is 0 Å². The van der Waals surface area contributed by atoms with Gasteiger partial charge in [0.25, 0.3) is 0 Å². The van der Waals surface area contributed by atoms with Gasteiger partial charge < -0.3 is 10.3 Å². The van der Waals surface area contributed by atoms with Gasteiger partial charge in [0.05, 0.1) is 6.21 Å². The minimum Gasteiger partial charge on any atom is -0.507 e. The van der Waals surface area contributed by atoms with Crippen LogP contribution in [0.15, 0.2) is 23.4 Å². The maximum Gasteiger partial charge on any atom is 0.124 e. The highest BCUT2D eigenvalue weighted by molar-refractivity contribution is 5.83. The molecule has 0 atom stereocenters. The Hall–Kier alpha value is -1.51. The lowest BCUT2D eigenvalue weighted by Gasteiger charge is -2.25. The molecular formula is C14H21NO2. The van der Waals surface area contributed by atoms with Crippen LogP contribution in [0.5, 0.6) is 5.75 Å². The van der Waals surface area contributed by atoms with Crippen molar-refractivity contribution in [3.05, 3.63) is 29.3 Å². The fourth-order valence-corrected chi connectivity index (χ4v) is 2.49. The molecule has 3 heteroatoms. The van der Waals surface area contributed by atoms with E-state index in [1.165, 1.54) is 11.8 Å². The molecule has 3 nitrogen and oxygen atoms in total. The van der Waals surface area contributed by atoms with Crippen molar-refractivity contribution in [2.75, 3.05) is 0 Å². The minimum atomic E-state index is 0.137. The zero-order valence-corrected chi connectivity index (χ0v) is 10.9. The van der Waals surface area contributed by atoms with Crippen molar-refractivity contribution in [1.82, 2.24) is 0 Å². The van der Waals surface area contributed by atoms with E-state index in [4.69, 9.17) is 5.21 Å². The maximum atomic E-state index is 9.62. The van der Waals surface area contributed by atoms with Gasteiger partial charge in [0.1, 0.15) is 5.75 Å². The Balaban J connectivity index is 3.17. The molecule has 0 aliphatic carbocycles. The van der Waals surface area contributed by atoms with E-state index >= 15 is 0 Å². The van der Waals surface area contributed by atoms with Crippen LogP contribution in [0.1, 0.15) is 44.7 Å². The molecule has 0 aliphatic heterocycles. The quantitative estimate of drug-likeness (QED) is 0.476. The van der Waals surface area contributed by atoms with Gasteiger partial charge in [0, 0.05) is 5.56 Å². The molecule has 0 saturated heterocycles. The number of phenolic OH excluding ortho intramolecular Hbond substituents is 1. The first-order valence-electron chi connectivity index (χ1n) is 5.97. The van der Waals surface area contributed by atoms with E-state index in [2.05, 4.69) is 32.9 Å². The summed E-state index contributed by atoms with van der Waals surface area (Å²) in [7, 11) is 0. The van der Waals surface area contributed by atoms with Crippen molar-refractivity contribution < 1.29 is 10.3 Å². The van der Waals surface area contributed by atoms with Gasteiger partial charge >= 0.3 is 0 Å². The Kier molecular flexibility index (Phi) is 4.55. The molecule has 0 saturated carbocycles. The van der Waals surface area contributed by atoms with Gasteiger partial charge in [-0.1, -0.05) is 38.9 Å². The van der Waals surface area contributed by atoms with Crippen LogP contribution in [0.2, 0.25) is 0 Å². The molecule has 0 aliphatic rings. The molecule has 0 unspecified atom stereocenters. The largest absolute Gasteiger partial charge is 0.507 e. The lowest BCUT2D eigenvalue weighted by Crippen LogP contribution is -2.13. The standard InChI is InChI=1S/C14H21NO2/c1-9(2)14(10(3)4)11-5-6-13(16)12(7-11)8-15-17/h5-10,14,16-17H,1-4H3/b15-8+. The summed E-state index contributed by atoms with van der Waals surface area (Å²) in [6, 6.07) is 5.48. The first kappa shape index (κ1) is 13.6. The Morgan fingerprint density at radius 2 is 1.71 bits per heavy atom. The molecule has 1 aromatic rings. The number of oxime groups is 1. The average Bonchev–Trinajstić information content (AvgIpc) is 2.22. The van der Waals surface area contributed by atoms with Crippen LogP contribution >= 0.6 is 0 Å². The summed E-state index contributed by atoms with van der Waals surface area (Å²) in [6.45, 7) is 8.77. The number of rotatable bonds is 4. The number of benzene rings is 1. The molecule has 17 heavy (non-hydrogen) atoms. The third-order valence-corrected chi connectivity index (χ3v) is 3.07. The van der Waals surface area contributed by atoms with Crippen molar-refractivity contribution in [3.8, 4) is 5.75 Å². The van der Waals surface area contributed by atoms with Gasteiger partial charge in [-0.2, -0.15) is 0 Å². The lowest BCUT2D eigenvalue weighted by molar-refractivity contribution is 0.321. The van der Waals surface area contributed by atoms with Crippen LogP contribution in [0.25, 0.3) is 0 Å². The predicted molar refractivity (Wildman–Crippen MR) is 69.9 cm³/mol. The van der Waals surface area contributed by atoms with Gasteiger partial charge in [-0.25, -0.2) is 0 Å². The van der Waals surface area contributed by atoms with E-state index < -0.39 is 0 Å². The second-order valence-electron chi connectivity index (χ2n) is 5.08. The van der Waals surface area contributed by atoms with Gasteiger partial charge in [-0.3, -0.25) is 0 Å². The third kappa shape index (κ3) is 3.22. The van der Waals surface area contributed by atoms with E-state index in [9.17, 15) is 5.11 Å². The van der Waals surface area contributed by atoms with E-state index in [0.29, 0.717) is 23.3 Å². The molecule has 0 spiro atoms. The summed E-state index contributed by atoms with van der Waals surface area (Å²) >= 11 is 0. The van der Waals surface area contributed by atoms with Gasteiger partial charge in [-0.15, -0.1) is 0 Å². The van der Waals surface area contributed by atoms with Crippen molar-refractivity contribution in [2.24, 2.45) is 17.0 Å². The second kappa shape index (κ2) is 5.71.